The highest BCUT2D eigenvalue weighted by Gasteiger charge is 2.07. The first kappa shape index (κ1) is 13.6. The summed E-state index contributed by atoms with van der Waals surface area (Å²) < 4.78 is 19.2. The van der Waals surface area contributed by atoms with E-state index in [9.17, 15) is 4.39 Å². The Balaban J connectivity index is 2.01. The Morgan fingerprint density at radius 1 is 1.21 bits per heavy atom. The third kappa shape index (κ3) is 3.80. The Morgan fingerprint density at radius 3 is 2.84 bits per heavy atom. The molecular weight excluding hydrogens is 241 g/mol. The zero-order chi connectivity index (χ0) is 13.5. The standard InChI is InChI=1S/C16H18FNO/c1-2-11-18-12-5-6-13-9-10-16(19-13)14-7-3-4-8-15(14)17/h3-10,18H,2,11-12H2,1H3. The van der Waals surface area contributed by atoms with E-state index in [0.29, 0.717) is 11.3 Å². The fourth-order valence-electron chi connectivity index (χ4n) is 1.79. The fraction of sp³-hybridized carbons (Fsp3) is 0.250. The van der Waals surface area contributed by atoms with Crippen molar-refractivity contribution in [3.05, 3.63) is 54.1 Å². The van der Waals surface area contributed by atoms with Gasteiger partial charge in [0.1, 0.15) is 17.3 Å². The number of benzene rings is 1. The minimum absolute atomic E-state index is 0.267. The minimum atomic E-state index is -0.267. The van der Waals surface area contributed by atoms with Gasteiger partial charge < -0.3 is 9.73 Å². The predicted molar refractivity (Wildman–Crippen MR) is 76.3 cm³/mol. The monoisotopic (exact) mass is 259 g/mol. The van der Waals surface area contributed by atoms with Crippen molar-refractivity contribution in [2.24, 2.45) is 0 Å². The molecule has 0 radical (unpaired) electrons. The second kappa shape index (κ2) is 6.90. The maximum Gasteiger partial charge on any atom is 0.137 e. The molecule has 2 nitrogen and oxygen atoms in total. The highest BCUT2D eigenvalue weighted by Crippen LogP contribution is 2.25. The lowest BCUT2D eigenvalue weighted by Crippen LogP contribution is -2.13. The van der Waals surface area contributed by atoms with Gasteiger partial charge in [-0.15, -0.1) is 0 Å². The van der Waals surface area contributed by atoms with Crippen LogP contribution in [0, 0.1) is 5.82 Å². The van der Waals surface area contributed by atoms with Crippen LogP contribution < -0.4 is 5.32 Å². The quantitative estimate of drug-likeness (QED) is 0.790. The molecule has 1 N–H and O–H groups in total. The van der Waals surface area contributed by atoms with Gasteiger partial charge in [-0.05, 0) is 43.3 Å². The van der Waals surface area contributed by atoms with E-state index in [1.807, 2.05) is 18.2 Å². The molecule has 0 saturated heterocycles. The molecule has 0 aliphatic heterocycles. The molecule has 0 amide bonds. The van der Waals surface area contributed by atoms with Crippen LogP contribution >= 0.6 is 0 Å². The van der Waals surface area contributed by atoms with E-state index in [1.54, 1.807) is 24.3 Å². The molecule has 0 unspecified atom stereocenters. The van der Waals surface area contributed by atoms with E-state index in [4.69, 9.17) is 4.42 Å². The molecule has 19 heavy (non-hydrogen) atoms. The summed E-state index contributed by atoms with van der Waals surface area (Å²) in [6.07, 6.45) is 5.01. The van der Waals surface area contributed by atoms with Crippen LogP contribution in [0.4, 0.5) is 4.39 Å². The number of furan rings is 1. The summed E-state index contributed by atoms with van der Waals surface area (Å²) in [5, 5.41) is 3.26. The Labute approximate surface area is 112 Å². The van der Waals surface area contributed by atoms with E-state index in [-0.39, 0.29) is 5.82 Å². The predicted octanol–water partition coefficient (Wildman–Crippen LogP) is 4.10. The molecule has 0 bridgehead atoms. The summed E-state index contributed by atoms with van der Waals surface area (Å²) in [7, 11) is 0. The van der Waals surface area contributed by atoms with Crippen molar-refractivity contribution in [2.45, 2.75) is 13.3 Å². The molecule has 0 atom stereocenters. The first-order valence-electron chi connectivity index (χ1n) is 6.53. The summed E-state index contributed by atoms with van der Waals surface area (Å²) in [6.45, 7) is 3.94. The van der Waals surface area contributed by atoms with E-state index in [2.05, 4.69) is 12.2 Å². The minimum Gasteiger partial charge on any atom is -0.457 e. The second-order valence-corrected chi connectivity index (χ2v) is 4.29. The highest BCUT2D eigenvalue weighted by molar-refractivity contribution is 5.60. The van der Waals surface area contributed by atoms with Crippen LogP contribution in [0.15, 0.2) is 46.9 Å². The average molecular weight is 259 g/mol. The number of rotatable bonds is 6. The average Bonchev–Trinajstić information content (AvgIpc) is 2.88. The largest absolute Gasteiger partial charge is 0.457 e. The molecule has 0 aliphatic rings. The molecule has 0 spiro atoms. The van der Waals surface area contributed by atoms with Gasteiger partial charge in [0.25, 0.3) is 0 Å². The topological polar surface area (TPSA) is 25.2 Å². The molecule has 2 rings (SSSR count). The Kier molecular flexibility index (Phi) is 4.93. The van der Waals surface area contributed by atoms with Gasteiger partial charge in [-0.3, -0.25) is 0 Å². The van der Waals surface area contributed by atoms with Crippen molar-refractivity contribution in [3.8, 4) is 11.3 Å². The lowest BCUT2D eigenvalue weighted by molar-refractivity contribution is 0.560. The van der Waals surface area contributed by atoms with E-state index in [1.165, 1.54) is 6.07 Å². The van der Waals surface area contributed by atoms with Gasteiger partial charge in [-0.2, -0.15) is 0 Å². The number of halogens is 1. The van der Waals surface area contributed by atoms with Crippen LogP contribution in [-0.4, -0.2) is 13.1 Å². The number of nitrogens with one attached hydrogen (secondary N) is 1. The van der Waals surface area contributed by atoms with Gasteiger partial charge in [0.2, 0.25) is 0 Å². The molecule has 0 saturated carbocycles. The van der Waals surface area contributed by atoms with Crippen LogP contribution in [0.25, 0.3) is 17.4 Å². The molecule has 1 heterocycles. The summed E-state index contributed by atoms with van der Waals surface area (Å²) in [6, 6.07) is 10.2. The number of hydrogen-bond donors (Lipinski definition) is 1. The Bertz CT molecular complexity index is 545. The maximum absolute atomic E-state index is 13.6. The zero-order valence-corrected chi connectivity index (χ0v) is 11.0. The number of hydrogen-bond acceptors (Lipinski definition) is 2. The van der Waals surface area contributed by atoms with E-state index < -0.39 is 0 Å². The van der Waals surface area contributed by atoms with Gasteiger partial charge in [0.05, 0.1) is 5.56 Å². The first-order chi connectivity index (χ1) is 9.31. The Hall–Kier alpha value is -1.87. The summed E-state index contributed by atoms with van der Waals surface area (Å²) >= 11 is 0. The van der Waals surface area contributed by atoms with Crippen molar-refractivity contribution in [1.82, 2.24) is 5.32 Å². The summed E-state index contributed by atoms with van der Waals surface area (Å²) in [5.74, 6) is 1.02. The van der Waals surface area contributed by atoms with Gasteiger partial charge in [0, 0.05) is 6.54 Å². The second-order valence-electron chi connectivity index (χ2n) is 4.29. The van der Waals surface area contributed by atoms with Crippen molar-refractivity contribution in [2.75, 3.05) is 13.1 Å². The van der Waals surface area contributed by atoms with Crippen LogP contribution in [0.1, 0.15) is 19.1 Å². The van der Waals surface area contributed by atoms with Crippen molar-refractivity contribution in [3.63, 3.8) is 0 Å². The van der Waals surface area contributed by atoms with Gasteiger partial charge in [-0.1, -0.05) is 25.1 Å². The SMILES string of the molecule is CCCNCC=Cc1ccc(-c2ccccc2F)o1. The third-order valence-electron chi connectivity index (χ3n) is 2.74. The Morgan fingerprint density at radius 2 is 2.05 bits per heavy atom. The molecule has 2 aromatic rings. The molecule has 0 aliphatic carbocycles. The summed E-state index contributed by atoms with van der Waals surface area (Å²) in [5.41, 5.74) is 0.492. The smallest absolute Gasteiger partial charge is 0.137 e. The lowest BCUT2D eigenvalue weighted by atomic mass is 10.1. The van der Waals surface area contributed by atoms with Gasteiger partial charge in [-0.25, -0.2) is 4.39 Å². The van der Waals surface area contributed by atoms with Crippen LogP contribution in [-0.2, 0) is 0 Å². The molecular formula is C16H18FNO. The maximum atomic E-state index is 13.6. The normalized spacial score (nSPS) is 11.3. The molecule has 1 aromatic carbocycles. The van der Waals surface area contributed by atoms with E-state index >= 15 is 0 Å². The van der Waals surface area contributed by atoms with Gasteiger partial charge >= 0.3 is 0 Å². The molecule has 0 fully saturated rings. The molecule has 100 valence electrons. The highest BCUT2D eigenvalue weighted by atomic mass is 19.1. The van der Waals surface area contributed by atoms with Crippen molar-refractivity contribution in [1.29, 1.82) is 0 Å². The van der Waals surface area contributed by atoms with Crippen molar-refractivity contribution >= 4 is 6.08 Å². The molecule has 1 aromatic heterocycles. The fourth-order valence-corrected chi connectivity index (χ4v) is 1.79. The van der Waals surface area contributed by atoms with Crippen LogP contribution in [0.2, 0.25) is 0 Å². The molecule has 3 heteroatoms. The van der Waals surface area contributed by atoms with Gasteiger partial charge in [0.15, 0.2) is 0 Å². The first-order valence-corrected chi connectivity index (χ1v) is 6.53. The van der Waals surface area contributed by atoms with Crippen molar-refractivity contribution < 1.29 is 8.81 Å². The lowest BCUT2D eigenvalue weighted by Gasteiger charge is -1.98. The zero-order valence-electron chi connectivity index (χ0n) is 11.0. The summed E-state index contributed by atoms with van der Waals surface area (Å²) in [4.78, 5) is 0. The van der Waals surface area contributed by atoms with Crippen LogP contribution in [0.3, 0.4) is 0 Å². The van der Waals surface area contributed by atoms with E-state index in [0.717, 1.165) is 25.3 Å². The van der Waals surface area contributed by atoms with Crippen LogP contribution in [0.5, 0.6) is 0 Å². The third-order valence-corrected chi connectivity index (χ3v) is 2.74.